The molecule has 8 N–H and O–H groups in total. The van der Waals surface area contributed by atoms with Crippen molar-refractivity contribution in [2.45, 2.75) is 6.42 Å². The van der Waals surface area contributed by atoms with Crippen molar-refractivity contribution in [1.82, 2.24) is 0 Å². The molecule has 0 saturated carbocycles. The lowest BCUT2D eigenvalue weighted by atomic mass is 10.1. The maximum absolute atomic E-state index is 12.0. The molecule has 2 amide bonds. The van der Waals surface area contributed by atoms with E-state index in [0.29, 0.717) is 11.4 Å². The number of carbonyl (C=O) groups is 2. The van der Waals surface area contributed by atoms with Gasteiger partial charge in [-0.2, -0.15) is 0 Å². The fourth-order valence-corrected chi connectivity index (χ4v) is 2.29. The lowest BCUT2D eigenvalue weighted by molar-refractivity contribution is -0.120. The summed E-state index contributed by atoms with van der Waals surface area (Å²) in [5.41, 5.74) is 11.7. The largest absolute Gasteiger partial charge is 0.370 e. The average Bonchev–Trinajstić information content (AvgIpc) is 2.55. The highest BCUT2D eigenvalue weighted by Crippen LogP contribution is 2.29. The Morgan fingerprint density at radius 1 is 0.960 bits per heavy atom. The Morgan fingerprint density at radius 2 is 1.52 bits per heavy atom. The SMILES string of the molecule is NOCC(=O)Nc1cccc2c(NC(=O)CCN=C(N)N)cccc12. The minimum atomic E-state index is -0.373. The molecule has 9 heteroatoms. The molecule has 0 spiro atoms. The van der Waals surface area contributed by atoms with Gasteiger partial charge in [0.05, 0.1) is 6.54 Å². The van der Waals surface area contributed by atoms with Crippen LogP contribution in [0.25, 0.3) is 10.8 Å². The van der Waals surface area contributed by atoms with Crippen LogP contribution in [-0.4, -0.2) is 30.9 Å². The first-order valence-corrected chi connectivity index (χ1v) is 7.49. The molecule has 0 aliphatic rings. The number of nitrogens with one attached hydrogen (secondary N) is 2. The van der Waals surface area contributed by atoms with E-state index >= 15 is 0 Å². The number of carbonyl (C=O) groups excluding carboxylic acids is 2. The predicted octanol–water partition coefficient (Wildman–Crippen LogP) is 0.271. The zero-order chi connectivity index (χ0) is 18.2. The highest BCUT2D eigenvalue weighted by Gasteiger charge is 2.10. The number of nitrogens with two attached hydrogens (primary N) is 3. The second kappa shape index (κ2) is 8.62. The van der Waals surface area contributed by atoms with E-state index in [-0.39, 0.29) is 37.3 Å². The van der Waals surface area contributed by atoms with Gasteiger partial charge < -0.3 is 22.1 Å². The van der Waals surface area contributed by atoms with E-state index in [1.807, 2.05) is 12.1 Å². The molecule has 0 aliphatic heterocycles. The average molecular weight is 344 g/mol. The minimum absolute atomic E-state index is 0.0557. The molecule has 0 fully saturated rings. The normalized spacial score (nSPS) is 10.3. The topological polar surface area (TPSA) is 158 Å². The molecule has 2 aromatic rings. The Balaban J connectivity index is 2.20. The Morgan fingerprint density at radius 3 is 2.04 bits per heavy atom. The molecule has 25 heavy (non-hydrogen) atoms. The monoisotopic (exact) mass is 344 g/mol. The standard InChI is InChI=1S/C16H20N6O3/c17-16(18)20-8-7-14(23)21-12-5-1-4-11-10(12)3-2-6-13(11)22-15(24)9-25-19/h1-6H,7-9,19H2,(H,21,23)(H,22,24)(H4,17,18,20). The lowest BCUT2D eigenvalue weighted by Crippen LogP contribution is -2.23. The minimum Gasteiger partial charge on any atom is -0.370 e. The number of amides is 2. The van der Waals surface area contributed by atoms with E-state index in [0.717, 1.165) is 10.8 Å². The van der Waals surface area contributed by atoms with Crippen LogP contribution >= 0.6 is 0 Å². The molecule has 9 nitrogen and oxygen atoms in total. The van der Waals surface area contributed by atoms with E-state index < -0.39 is 0 Å². The molecule has 132 valence electrons. The summed E-state index contributed by atoms with van der Waals surface area (Å²) >= 11 is 0. The zero-order valence-electron chi connectivity index (χ0n) is 13.5. The number of rotatable bonds is 7. The van der Waals surface area contributed by atoms with Gasteiger partial charge in [-0.1, -0.05) is 24.3 Å². The third-order valence-electron chi connectivity index (χ3n) is 3.32. The van der Waals surface area contributed by atoms with Crippen LogP contribution in [-0.2, 0) is 14.4 Å². The van der Waals surface area contributed by atoms with Crippen LogP contribution in [0.15, 0.2) is 41.4 Å². The Kier molecular flexibility index (Phi) is 6.26. The summed E-state index contributed by atoms with van der Waals surface area (Å²) in [4.78, 5) is 31.8. The summed E-state index contributed by atoms with van der Waals surface area (Å²) in [5.74, 6) is 4.25. The first kappa shape index (κ1) is 18.2. The van der Waals surface area contributed by atoms with Crippen molar-refractivity contribution in [1.29, 1.82) is 0 Å². The summed E-state index contributed by atoms with van der Waals surface area (Å²) in [6.07, 6.45) is 0.151. The van der Waals surface area contributed by atoms with Crippen LogP contribution < -0.4 is 28.0 Å². The van der Waals surface area contributed by atoms with Crippen molar-refractivity contribution < 1.29 is 14.4 Å². The molecular weight excluding hydrogens is 324 g/mol. The van der Waals surface area contributed by atoms with Crippen molar-refractivity contribution in [3.8, 4) is 0 Å². The first-order valence-electron chi connectivity index (χ1n) is 7.49. The highest BCUT2D eigenvalue weighted by molar-refractivity contribution is 6.09. The molecule has 0 aromatic heterocycles. The van der Waals surface area contributed by atoms with Gasteiger partial charge in [0.25, 0.3) is 5.91 Å². The summed E-state index contributed by atoms with van der Waals surface area (Å²) < 4.78 is 0. The fraction of sp³-hybridized carbons (Fsp3) is 0.188. The molecule has 0 aliphatic carbocycles. The van der Waals surface area contributed by atoms with Crippen LogP contribution in [0, 0.1) is 0 Å². The van der Waals surface area contributed by atoms with E-state index in [1.54, 1.807) is 24.3 Å². The van der Waals surface area contributed by atoms with Crippen LogP contribution in [0.3, 0.4) is 0 Å². The number of anilines is 2. The molecule has 0 atom stereocenters. The van der Waals surface area contributed by atoms with Crippen molar-refractivity contribution in [2.24, 2.45) is 22.4 Å². The quantitative estimate of drug-likeness (QED) is 0.275. The van der Waals surface area contributed by atoms with Crippen LogP contribution in [0.1, 0.15) is 6.42 Å². The molecular formula is C16H20N6O3. The van der Waals surface area contributed by atoms with Gasteiger partial charge in [0.1, 0.15) is 6.61 Å². The lowest BCUT2D eigenvalue weighted by Gasteiger charge is -2.12. The van der Waals surface area contributed by atoms with Gasteiger partial charge in [-0.3, -0.25) is 19.4 Å². The molecule has 0 saturated heterocycles. The summed E-state index contributed by atoms with van der Waals surface area (Å²) in [6.45, 7) is -0.0447. The van der Waals surface area contributed by atoms with Gasteiger partial charge in [0, 0.05) is 28.6 Å². The fourth-order valence-electron chi connectivity index (χ4n) is 2.29. The first-order chi connectivity index (χ1) is 12.0. The van der Waals surface area contributed by atoms with Gasteiger partial charge in [-0.25, -0.2) is 5.90 Å². The third-order valence-corrected chi connectivity index (χ3v) is 3.32. The molecule has 2 aromatic carbocycles. The van der Waals surface area contributed by atoms with Crippen molar-refractivity contribution in [2.75, 3.05) is 23.8 Å². The van der Waals surface area contributed by atoms with Crippen LogP contribution in [0.2, 0.25) is 0 Å². The van der Waals surface area contributed by atoms with Crippen LogP contribution in [0.5, 0.6) is 0 Å². The summed E-state index contributed by atoms with van der Waals surface area (Å²) in [6, 6.07) is 10.8. The number of nitrogens with zero attached hydrogens (tertiary/aromatic N) is 1. The van der Waals surface area contributed by atoms with E-state index in [2.05, 4.69) is 20.5 Å². The van der Waals surface area contributed by atoms with Crippen molar-refractivity contribution in [3.63, 3.8) is 0 Å². The van der Waals surface area contributed by atoms with Gasteiger partial charge in [0.15, 0.2) is 5.96 Å². The predicted molar refractivity (Wildman–Crippen MR) is 96.6 cm³/mol. The summed E-state index contributed by atoms with van der Waals surface area (Å²) in [5, 5.41) is 7.08. The van der Waals surface area contributed by atoms with Crippen molar-refractivity contribution >= 4 is 39.9 Å². The van der Waals surface area contributed by atoms with Crippen LogP contribution in [0.4, 0.5) is 11.4 Å². The van der Waals surface area contributed by atoms with E-state index in [1.165, 1.54) is 0 Å². The number of benzene rings is 2. The van der Waals surface area contributed by atoms with Gasteiger partial charge in [0.2, 0.25) is 5.91 Å². The number of hydrogen-bond donors (Lipinski definition) is 5. The molecule has 0 bridgehead atoms. The van der Waals surface area contributed by atoms with Gasteiger partial charge in [-0.15, -0.1) is 0 Å². The Hall–Kier alpha value is -3.17. The number of aliphatic imine (C=N–C) groups is 1. The molecule has 0 heterocycles. The highest BCUT2D eigenvalue weighted by atomic mass is 16.6. The van der Waals surface area contributed by atoms with Crippen molar-refractivity contribution in [3.05, 3.63) is 36.4 Å². The smallest absolute Gasteiger partial charge is 0.252 e. The van der Waals surface area contributed by atoms with Gasteiger partial charge in [-0.05, 0) is 12.1 Å². The Bertz CT molecular complexity index is 802. The maximum atomic E-state index is 12.0. The molecule has 2 rings (SSSR count). The van der Waals surface area contributed by atoms with E-state index in [9.17, 15) is 9.59 Å². The number of guanidine groups is 1. The summed E-state index contributed by atoms with van der Waals surface area (Å²) in [7, 11) is 0. The number of fused-ring (bicyclic) bond motifs is 1. The molecule has 0 radical (unpaired) electrons. The number of hydrogen-bond acceptors (Lipinski definition) is 5. The zero-order valence-corrected chi connectivity index (χ0v) is 13.5. The second-order valence-electron chi connectivity index (χ2n) is 5.17. The second-order valence-corrected chi connectivity index (χ2v) is 5.17. The van der Waals surface area contributed by atoms with E-state index in [4.69, 9.17) is 17.4 Å². The van der Waals surface area contributed by atoms with Gasteiger partial charge >= 0.3 is 0 Å². The molecule has 0 unspecified atom stereocenters. The Labute approximate surface area is 144 Å². The third kappa shape index (κ3) is 5.16. The maximum Gasteiger partial charge on any atom is 0.252 e.